The number of aliphatic hydroxyl groups is 1. The Bertz CT molecular complexity index is 968. The van der Waals surface area contributed by atoms with Crippen LogP contribution in [0.4, 0.5) is 10.1 Å². The molecule has 0 saturated carbocycles. The highest BCUT2D eigenvalue weighted by molar-refractivity contribution is 6.36. The van der Waals surface area contributed by atoms with E-state index in [0.717, 1.165) is 23.2 Å². The lowest BCUT2D eigenvalue weighted by Gasteiger charge is -2.25. The van der Waals surface area contributed by atoms with Crippen LogP contribution in [0.5, 0.6) is 0 Å². The summed E-state index contributed by atoms with van der Waals surface area (Å²) in [6.07, 6.45) is 0. The minimum atomic E-state index is -0.389. The second-order valence-corrected chi connectivity index (χ2v) is 7.42. The Morgan fingerprint density at radius 1 is 1.21 bits per heavy atom. The van der Waals surface area contributed by atoms with E-state index in [1.54, 1.807) is 6.07 Å². The molecule has 0 radical (unpaired) electrons. The first kappa shape index (κ1) is 18.7. The third-order valence-corrected chi connectivity index (χ3v) is 5.24. The fourth-order valence-electron chi connectivity index (χ4n) is 3.77. The molecule has 0 aliphatic carbocycles. The Balaban J connectivity index is 1.69. The van der Waals surface area contributed by atoms with Gasteiger partial charge < -0.3 is 15.2 Å². The molecule has 0 unspecified atom stereocenters. The lowest BCUT2D eigenvalue weighted by atomic mass is 9.99. The van der Waals surface area contributed by atoms with Crippen molar-refractivity contribution in [2.75, 3.05) is 18.5 Å². The highest BCUT2D eigenvalue weighted by Crippen LogP contribution is 2.42. The number of aliphatic hydroxyl groups excluding tert-OH is 1. The van der Waals surface area contributed by atoms with Crippen LogP contribution in [0.15, 0.2) is 36.4 Å². The molecule has 0 aromatic heterocycles. The number of amides is 1. The van der Waals surface area contributed by atoms with Gasteiger partial charge in [-0.3, -0.25) is 9.69 Å². The van der Waals surface area contributed by atoms with E-state index >= 15 is 0 Å². The highest BCUT2D eigenvalue weighted by Gasteiger charge is 2.32. The zero-order chi connectivity index (χ0) is 19.8. The van der Waals surface area contributed by atoms with Crippen molar-refractivity contribution in [3.8, 4) is 0 Å². The molecule has 0 atom stereocenters. The summed E-state index contributed by atoms with van der Waals surface area (Å²) in [5.74, 6) is -0.166. The minimum Gasteiger partial charge on any atom is -0.487 e. The molecule has 0 fully saturated rings. The SMILES string of the molecule is CC(C)N(CCO)Cc1ccc2c(c1)CO/C2=C1/C(=O)Nc2ccc(F)cc21. The van der Waals surface area contributed by atoms with Crippen LogP contribution in [0, 0.1) is 5.82 Å². The van der Waals surface area contributed by atoms with Crippen LogP contribution in [0.3, 0.4) is 0 Å². The molecular formula is C22H23FN2O3. The lowest BCUT2D eigenvalue weighted by Crippen LogP contribution is -2.32. The number of nitrogens with one attached hydrogen (secondary N) is 1. The molecule has 4 rings (SSSR count). The van der Waals surface area contributed by atoms with Gasteiger partial charge in [-0.25, -0.2) is 4.39 Å². The van der Waals surface area contributed by atoms with Crippen LogP contribution in [0.1, 0.15) is 36.1 Å². The molecule has 0 bridgehead atoms. The van der Waals surface area contributed by atoms with Gasteiger partial charge in [0, 0.05) is 41.5 Å². The Labute approximate surface area is 163 Å². The zero-order valence-corrected chi connectivity index (χ0v) is 16.0. The molecule has 146 valence electrons. The molecule has 1 amide bonds. The fourth-order valence-corrected chi connectivity index (χ4v) is 3.77. The fraction of sp³-hybridized carbons (Fsp3) is 0.318. The van der Waals surface area contributed by atoms with E-state index < -0.39 is 0 Å². The molecule has 2 heterocycles. The van der Waals surface area contributed by atoms with Crippen molar-refractivity contribution in [1.82, 2.24) is 4.90 Å². The van der Waals surface area contributed by atoms with E-state index in [0.29, 0.717) is 41.8 Å². The smallest absolute Gasteiger partial charge is 0.260 e. The van der Waals surface area contributed by atoms with E-state index in [-0.39, 0.29) is 18.3 Å². The van der Waals surface area contributed by atoms with Gasteiger partial charge in [0.05, 0.1) is 12.2 Å². The van der Waals surface area contributed by atoms with Gasteiger partial charge in [0.25, 0.3) is 5.91 Å². The first-order valence-electron chi connectivity index (χ1n) is 9.43. The van der Waals surface area contributed by atoms with Crippen LogP contribution < -0.4 is 5.32 Å². The molecule has 2 aliphatic heterocycles. The molecule has 2 aliphatic rings. The summed E-state index contributed by atoms with van der Waals surface area (Å²) >= 11 is 0. The van der Waals surface area contributed by atoms with Gasteiger partial charge in [0.2, 0.25) is 0 Å². The van der Waals surface area contributed by atoms with E-state index in [2.05, 4.69) is 30.1 Å². The van der Waals surface area contributed by atoms with Crippen molar-refractivity contribution >= 4 is 22.9 Å². The Hall–Kier alpha value is -2.70. The third-order valence-electron chi connectivity index (χ3n) is 5.24. The Kier molecular flexibility index (Phi) is 4.91. The average molecular weight is 382 g/mol. The number of anilines is 1. The Morgan fingerprint density at radius 3 is 2.79 bits per heavy atom. The molecule has 6 heteroatoms. The van der Waals surface area contributed by atoms with Gasteiger partial charge in [0.1, 0.15) is 18.2 Å². The number of hydrogen-bond donors (Lipinski definition) is 2. The lowest BCUT2D eigenvalue weighted by molar-refractivity contribution is -0.110. The van der Waals surface area contributed by atoms with E-state index in [4.69, 9.17) is 4.74 Å². The van der Waals surface area contributed by atoms with Crippen molar-refractivity contribution in [2.24, 2.45) is 0 Å². The van der Waals surface area contributed by atoms with Gasteiger partial charge in [-0.1, -0.05) is 18.2 Å². The van der Waals surface area contributed by atoms with Crippen molar-refractivity contribution < 1.29 is 19.0 Å². The maximum absolute atomic E-state index is 13.7. The summed E-state index contributed by atoms with van der Waals surface area (Å²) in [5, 5.41) is 12.0. The number of carbonyl (C=O) groups is 1. The number of halogens is 1. The Morgan fingerprint density at radius 2 is 2.04 bits per heavy atom. The number of carbonyl (C=O) groups excluding carboxylic acids is 1. The van der Waals surface area contributed by atoms with Crippen LogP contribution in [0.2, 0.25) is 0 Å². The van der Waals surface area contributed by atoms with Crippen LogP contribution >= 0.6 is 0 Å². The largest absolute Gasteiger partial charge is 0.487 e. The summed E-state index contributed by atoms with van der Waals surface area (Å²) in [6, 6.07) is 10.6. The molecule has 2 aromatic carbocycles. The average Bonchev–Trinajstić information content (AvgIpc) is 3.20. The number of nitrogens with zero attached hydrogens (tertiary/aromatic N) is 1. The van der Waals surface area contributed by atoms with Gasteiger partial charge >= 0.3 is 0 Å². The molecule has 2 aromatic rings. The maximum atomic E-state index is 13.7. The zero-order valence-electron chi connectivity index (χ0n) is 16.0. The molecule has 28 heavy (non-hydrogen) atoms. The van der Waals surface area contributed by atoms with Gasteiger partial charge in [-0.05, 0) is 37.6 Å². The summed E-state index contributed by atoms with van der Waals surface area (Å²) < 4.78 is 19.6. The summed E-state index contributed by atoms with van der Waals surface area (Å²) in [5.41, 5.74) is 4.50. The third kappa shape index (κ3) is 3.30. The van der Waals surface area contributed by atoms with Gasteiger partial charge in [0.15, 0.2) is 0 Å². The molecule has 5 nitrogen and oxygen atoms in total. The van der Waals surface area contributed by atoms with Crippen LogP contribution in [-0.4, -0.2) is 35.1 Å². The second kappa shape index (κ2) is 7.37. The topological polar surface area (TPSA) is 61.8 Å². The van der Waals surface area contributed by atoms with Crippen molar-refractivity contribution in [3.05, 3.63) is 64.5 Å². The number of fused-ring (bicyclic) bond motifs is 2. The summed E-state index contributed by atoms with van der Waals surface area (Å²) in [7, 11) is 0. The van der Waals surface area contributed by atoms with Crippen LogP contribution in [-0.2, 0) is 22.7 Å². The number of benzene rings is 2. The quantitative estimate of drug-likeness (QED) is 0.779. The predicted molar refractivity (Wildman–Crippen MR) is 106 cm³/mol. The highest BCUT2D eigenvalue weighted by atomic mass is 19.1. The van der Waals surface area contributed by atoms with E-state index in [9.17, 15) is 14.3 Å². The van der Waals surface area contributed by atoms with Crippen molar-refractivity contribution in [3.63, 3.8) is 0 Å². The first-order valence-corrected chi connectivity index (χ1v) is 9.43. The molecule has 0 saturated heterocycles. The molecular weight excluding hydrogens is 359 g/mol. The second-order valence-electron chi connectivity index (χ2n) is 7.42. The maximum Gasteiger partial charge on any atom is 0.260 e. The number of hydrogen-bond acceptors (Lipinski definition) is 4. The molecule has 0 spiro atoms. The van der Waals surface area contributed by atoms with Crippen molar-refractivity contribution in [2.45, 2.75) is 33.0 Å². The van der Waals surface area contributed by atoms with Crippen molar-refractivity contribution in [1.29, 1.82) is 0 Å². The normalized spacial score (nSPS) is 17.7. The van der Waals surface area contributed by atoms with Gasteiger partial charge in [-0.15, -0.1) is 0 Å². The summed E-state index contributed by atoms with van der Waals surface area (Å²) in [4.78, 5) is 14.7. The number of ether oxygens (including phenoxy) is 1. The standard InChI is InChI=1S/C22H23FN2O3/c1-13(2)25(7-8-26)11-14-3-5-17-15(9-14)12-28-21(17)20-18-10-16(23)4-6-19(18)24-22(20)27/h3-6,9-10,13,26H,7-8,11-12H2,1-2H3,(H,24,27)/b21-20+. The van der Waals surface area contributed by atoms with Gasteiger partial charge in [-0.2, -0.15) is 0 Å². The first-order chi connectivity index (χ1) is 13.5. The minimum absolute atomic E-state index is 0.119. The van der Waals surface area contributed by atoms with E-state index in [1.807, 2.05) is 12.1 Å². The predicted octanol–water partition coefficient (Wildman–Crippen LogP) is 3.38. The summed E-state index contributed by atoms with van der Waals surface area (Å²) in [6.45, 7) is 6.04. The van der Waals surface area contributed by atoms with Crippen LogP contribution in [0.25, 0.3) is 11.3 Å². The van der Waals surface area contributed by atoms with E-state index in [1.165, 1.54) is 12.1 Å². The molecule has 2 N–H and O–H groups in total. The monoisotopic (exact) mass is 382 g/mol. The number of rotatable bonds is 5.